The predicted molar refractivity (Wildman–Crippen MR) is 51.0 cm³/mol. The second kappa shape index (κ2) is 5.33. The second-order valence-corrected chi connectivity index (χ2v) is 3.43. The smallest absolute Gasteiger partial charge is 0.0677 e. The standard InChI is InChI=1S/C10H19NO/c1-2-6-12-8-9-4-3-5-10(11)7-9/h7,10H,2-6,8,11H2,1H3. The van der Waals surface area contributed by atoms with Crippen LogP contribution in [0.25, 0.3) is 0 Å². The van der Waals surface area contributed by atoms with Crippen molar-refractivity contribution in [2.24, 2.45) is 5.73 Å². The minimum Gasteiger partial charge on any atom is -0.377 e. The Labute approximate surface area is 74.8 Å². The molecular weight excluding hydrogens is 150 g/mol. The fraction of sp³-hybridized carbons (Fsp3) is 0.800. The Morgan fingerprint density at radius 1 is 1.67 bits per heavy atom. The first-order valence-electron chi connectivity index (χ1n) is 4.86. The fourth-order valence-electron chi connectivity index (χ4n) is 1.50. The number of ether oxygens (including phenoxy) is 1. The minimum absolute atomic E-state index is 0.277. The average Bonchev–Trinajstić information content (AvgIpc) is 2.05. The summed E-state index contributed by atoms with van der Waals surface area (Å²) in [7, 11) is 0. The van der Waals surface area contributed by atoms with Crippen LogP contribution in [0.4, 0.5) is 0 Å². The van der Waals surface area contributed by atoms with Gasteiger partial charge in [-0.05, 0) is 31.3 Å². The van der Waals surface area contributed by atoms with E-state index >= 15 is 0 Å². The van der Waals surface area contributed by atoms with Gasteiger partial charge in [0.1, 0.15) is 0 Å². The van der Waals surface area contributed by atoms with Crippen LogP contribution in [0.1, 0.15) is 32.6 Å². The lowest BCUT2D eigenvalue weighted by atomic mass is 9.97. The van der Waals surface area contributed by atoms with Gasteiger partial charge in [-0.15, -0.1) is 0 Å². The Hall–Kier alpha value is -0.340. The molecule has 70 valence electrons. The van der Waals surface area contributed by atoms with Crippen molar-refractivity contribution in [2.45, 2.75) is 38.6 Å². The van der Waals surface area contributed by atoms with E-state index in [1.165, 1.54) is 18.4 Å². The van der Waals surface area contributed by atoms with E-state index in [1.54, 1.807) is 0 Å². The molecule has 1 rings (SSSR count). The monoisotopic (exact) mass is 169 g/mol. The molecule has 0 radical (unpaired) electrons. The van der Waals surface area contributed by atoms with E-state index in [0.717, 1.165) is 26.1 Å². The molecule has 1 unspecified atom stereocenters. The first kappa shape index (κ1) is 9.75. The van der Waals surface area contributed by atoms with Gasteiger partial charge in [0, 0.05) is 12.6 Å². The SMILES string of the molecule is CCCOCC1=CC(N)CCC1. The van der Waals surface area contributed by atoms with Gasteiger partial charge in [0.2, 0.25) is 0 Å². The highest BCUT2D eigenvalue weighted by molar-refractivity contribution is 5.10. The van der Waals surface area contributed by atoms with Crippen molar-refractivity contribution in [3.8, 4) is 0 Å². The maximum Gasteiger partial charge on any atom is 0.0677 e. The number of hydrogen-bond donors (Lipinski definition) is 1. The quantitative estimate of drug-likeness (QED) is 0.515. The van der Waals surface area contributed by atoms with Crippen molar-refractivity contribution in [1.82, 2.24) is 0 Å². The Balaban J connectivity index is 2.21. The van der Waals surface area contributed by atoms with Crippen molar-refractivity contribution in [3.05, 3.63) is 11.6 Å². The Kier molecular flexibility index (Phi) is 4.33. The molecule has 1 aliphatic rings. The average molecular weight is 169 g/mol. The summed E-state index contributed by atoms with van der Waals surface area (Å²) >= 11 is 0. The Morgan fingerprint density at radius 2 is 2.50 bits per heavy atom. The van der Waals surface area contributed by atoms with Crippen molar-refractivity contribution >= 4 is 0 Å². The molecule has 0 saturated carbocycles. The van der Waals surface area contributed by atoms with Gasteiger partial charge in [-0.1, -0.05) is 13.0 Å². The van der Waals surface area contributed by atoms with E-state index in [4.69, 9.17) is 10.5 Å². The van der Waals surface area contributed by atoms with Crippen LogP contribution < -0.4 is 5.73 Å². The third kappa shape index (κ3) is 3.37. The van der Waals surface area contributed by atoms with E-state index in [1.807, 2.05) is 0 Å². The van der Waals surface area contributed by atoms with Gasteiger partial charge in [-0.25, -0.2) is 0 Å². The van der Waals surface area contributed by atoms with E-state index in [0.29, 0.717) is 0 Å². The molecule has 0 aromatic heterocycles. The third-order valence-corrected chi connectivity index (χ3v) is 2.12. The zero-order valence-electron chi connectivity index (χ0n) is 7.88. The molecule has 1 atom stereocenters. The van der Waals surface area contributed by atoms with Crippen molar-refractivity contribution in [3.63, 3.8) is 0 Å². The normalized spacial score (nSPS) is 23.8. The van der Waals surface area contributed by atoms with Crippen molar-refractivity contribution in [1.29, 1.82) is 0 Å². The largest absolute Gasteiger partial charge is 0.377 e. The molecule has 0 fully saturated rings. The zero-order chi connectivity index (χ0) is 8.81. The van der Waals surface area contributed by atoms with Crippen LogP contribution in [0.5, 0.6) is 0 Å². The molecule has 2 nitrogen and oxygen atoms in total. The summed E-state index contributed by atoms with van der Waals surface area (Å²) in [5.74, 6) is 0. The summed E-state index contributed by atoms with van der Waals surface area (Å²) in [6.07, 6.45) is 6.80. The third-order valence-electron chi connectivity index (χ3n) is 2.12. The van der Waals surface area contributed by atoms with Gasteiger partial charge in [0.25, 0.3) is 0 Å². The van der Waals surface area contributed by atoms with Crippen LogP contribution in [0.2, 0.25) is 0 Å². The number of nitrogens with two attached hydrogens (primary N) is 1. The molecule has 1 aliphatic carbocycles. The molecule has 0 aromatic carbocycles. The van der Waals surface area contributed by atoms with E-state index in [-0.39, 0.29) is 6.04 Å². The summed E-state index contributed by atoms with van der Waals surface area (Å²) in [5, 5.41) is 0. The molecule has 2 N–H and O–H groups in total. The lowest BCUT2D eigenvalue weighted by Crippen LogP contribution is -2.21. The summed E-state index contributed by atoms with van der Waals surface area (Å²) < 4.78 is 5.45. The molecule has 2 heteroatoms. The highest BCUT2D eigenvalue weighted by Crippen LogP contribution is 2.16. The molecule has 0 bridgehead atoms. The maximum atomic E-state index is 5.80. The summed E-state index contributed by atoms with van der Waals surface area (Å²) in [6, 6.07) is 0.277. The highest BCUT2D eigenvalue weighted by Gasteiger charge is 2.08. The minimum atomic E-state index is 0.277. The molecule has 12 heavy (non-hydrogen) atoms. The lowest BCUT2D eigenvalue weighted by molar-refractivity contribution is 0.153. The van der Waals surface area contributed by atoms with Gasteiger partial charge >= 0.3 is 0 Å². The first-order valence-corrected chi connectivity index (χ1v) is 4.86. The topological polar surface area (TPSA) is 35.2 Å². The van der Waals surface area contributed by atoms with Gasteiger partial charge < -0.3 is 10.5 Å². The Bertz CT molecular complexity index is 154. The van der Waals surface area contributed by atoms with E-state index in [2.05, 4.69) is 13.0 Å². The van der Waals surface area contributed by atoms with Crippen LogP contribution >= 0.6 is 0 Å². The first-order chi connectivity index (χ1) is 5.83. The molecule has 0 aromatic rings. The van der Waals surface area contributed by atoms with Crippen LogP contribution in [0, 0.1) is 0 Å². The van der Waals surface area contributed by atoms with Gasteiger partial charge in [-0.3, -0.25) is 0 Å². The van der Waals surface area contributed by atoms with Crippen LogP contribution in [0.3, 0.4) is 0 Å². The molecule has 0 spiro atoms. The molecule has 0 amide bonds. The van der Waals surface area contributed by atoms with Gasteiger partial charge in [0.15, 0.2) is 0 Å². The zero-order valence-corrected chi connectivity index (χ0v) is 7.88. The van der Waals surface area contributed by atoms with E-state index in [9.17, 15) is 0 Å². The molecular formula is C10H19NO. The van der Waals surface area contributed by atoms with Crippen LogP contribution in [-0.4, -0.2) is 19.3 Å². The van der Waals surface area contributed by atoms with Crippen molar-refractivity contribution in [2.75, 3.05) is 13.2 Å². The summed E-state index contributed by atoms with van der Waals surface area (Å²) in [5.41, 5.74) is 7.19. The van der Waals surface area contributed by atoms with Gasteiger partial charge in [0.05, 0.1) is 6.61 Å². The fourth-order valence-corrected chi connectivity index (χ4v) is 1.50. The van der Waals surface area contributed by atoms with Crippen LogP contribution in [-0.2, 0) is 4.74 Å². The Morgan fingerprint density at radius 3 is 3.17 bits per heavy atom. The molecule has 0 heterocycles. The van der Waals surface area contributed by atoms with Gasteiger partial charge in [-0.2, -0.15) is 0 Å². The lowest BCUT2D eigenvalue weighted by Gasteiger charge is -2.17. The summed E-state index contributed by atoms with van der Waals surface area (Å²) in [4.78, 5) is 0. The number of rotatable bonds is 4. The molecule has 0 saturated heterocycles. The number of hydrogen-bond acceptors (Lipinski definition) is 2. The maximum absolute atomic E-state index is 5.80. The second-order valence-electron chi connectivity index (χ2n) is 3.43. The van der Waals surface area contributed by atoms with E-state index < -0.39 is 0 Å². The summed E-state index contributed by atoms with van der Waals surface area (Å²) in [6.45, 7) is 3.79. The predicted octanol–water partition coefficient (Wildman–Crippen LogP) is 1.85. The highest BCUT2D eigenvalue weighted by atomic mass is 16.5. The van der Waals surface area contributed by atoms with Crippen LogP contribution in [0.15, 0.2) is 11.6 Å². The van der Waals surface area contributed by atoms with Crippen molar-refractivity contribution < 1.29 is 4.74 Å². The molecule has 0 aliphatic heterocycles.